The number of hydrogen-bond donors (Lipinski definition) is 2. The van der Waals surface area contributed by atoms with Crippen LogP contribution in [-0.2, 0) is 0 Å². The normalized spacial score (nSPS) is 10.8. The molecule has 0 aliphatic heterocycles. The van der Waals surface area contributed by atoms with Crippen LogP contribution in [0.3, 0.4) is 0 Å². The van der Waals surface area contributed by atoms with Gasteiger partial charge >= 0.3 is 0 Å². The molecule has 1 aromatic heterocycles. The van der Waals surface area contributed by atoms with Crippen molar-refractivity contribution in [3.05, 3.63) is 18.1 Å². The van der Waals surface area contributed by atoms with E-state index in [9.17, 15) is 0 Å². The van der Waals surface area contributed by atoms with Gasteiger partial charge in [0.2, 0.25) is 0 Å². The van der Waals surface area contributed by atoms with Crippen LogP contribution in [0.4, 0.5) is 0 Å². The molecule has 0 atom stereocenters. The maximum atomic E-state index is 7.06. The van der Waals surface area contributed by atoms with Gasteiger partial charge in [-0.3, -0.25) is 0 Å². The molecule has 1 rings (SSSR count). The van der Waals surface area contributed by atoms with Gasteiger partial charge in [-0.1, -0.05) is 13.0 Å². The molecule has 12 heavy (non-hydrogen) atoms. The van der Waals surface area contributed by atoms with E-state index in [1.54, 1.807) is 10.8 Å². The Bertz CT molecular complexity index is 301. The molecule has 0 aliphatic carbocycles. The van der Waals surface area contributed by atoms with Crippen molar-refractivity contribution in [3.8, 4) is 0 Å². The number of nitrogens with zero attached hydrogens (tertiary/aromatic N) is 2. The van der Waals surface area contributed by atoms with Gasteiger partial charge in [0.25, 0.3) is 0 Å². The second-order valence-corrected chi connectivity index (χ2v) is 2.76. The lowest BCUT2D eigenvalue weighted by molar-refractivity contribution is 1.09. The Morgan fingerprint density at radius 2 is 2.50 bits per heavy atom. The van der Waals surface area contributed by atoms with Crippen LogP contribution < -0.4 is 0 Å². The Balaban J connectivity index is 2.96. The molecule has 4 heteroatoms. The van der Waals surface area contributed by atoms with E-state index in [-0.39, 0.29) is 0 Å². The Morgan fingerprint density at radius 1 is 1.75 bits per heavy atom. The van der Waals surface area contributed by atoms with Crippen LogP contribution in [0.25, 0.3) is 6.20 Å². The highest BCUT2D eigenvalue weighted by Gasteiger charge is 1.98. The second kappa shape index (κ2) is 4.11. The number of imidazole rings is 1. The fraction of sp³-hybridized carbons (Fsp3) is 0.250. The zero-order chi connectivity index (χ0) is 8.97. The Morgan fingerprint density at radius 3 is 3.08 bits per heavy atom. The molecule has 0 fully saturated rings. The maximum Gasteiger partial charge on any atom is 0.155 e. The summed E-state index contributed by atoms with van der Waals surface area (Å²) in [7, 11) is 0. The van der Waals surface area contributed by atoms with Gasteiger partial charge in [-0.2, -0.15) is 0 Å². The predicted octanol–water partition coefficient (Wildman–Crippen LogP) is 2.05. The largest absolute Gasteiger partial charge is 0.305 e. The van der Waals surface area contributed by atoms with Gasteiger partial charge in [0.15, 0.2) is 5.82 Å². The fourth-order valence-corrected chi connectivity index (χ4v) is 1.07. The number of hydrogen-bond acceptors (Lipinski definition) is 3. The third kappa shape index (κ3) is 1.98. The van der Waals surface area contributed by atoms with E-state index in [0.717, 1.165) is 6.42 Å². The zero-order valence-electron chi connectivity index (χ0n) is 6.86. The van der Waals surface area contributed by atoms with E-state index in [2.05, 4.69) is 24.5 Å². The summed E-state index contributed by atoms with van der Waals surface area (Å²) in [4.78, 5) is 4.01. The molecule has 0 bridgehead atoms. The molecule has 0 aromatic carbocycles. The summed E-state index contributed by atoms with van der Waals surface area (Å²) >= 11 is 4.08. The Kier molecular flexibility index (Phi) is 3.10. The highest BCUT2D eigenvalue weighted by atomic mass is 32.1. The third-order valence-electron chi connectivity index (χ3n) is 1.38. The molecule has 0 aliphatic rings. The number of thiol groups is 1. The van der Waals surface area contributed by atoms with Gasteiger partial charge in [0.1, 0.15) is 5.03 Å². The topological polar surface area (TPSA) is 41.7 Å². The summed E-state index contributed by atoms with van der Waals surface area (Å²) in [6, 6.07) is 0. The lowest BCUT2D eigenvalue weighted by atomic mass is 10.5. The second-order valence-electron chi connectivity index (χ2n) is 2.30. The van der Waals surface area contributed by atoms with Gasteiger partial charge in [-0.15, -0.1) is 12.6 Å². The number of nitrogens with one attached hydrogen (secondary N) is 1. The summed E-state index contributed by atoms with van der Waals surface area (Å²) < 4.78 is 1.78. The highest BCUT2D eigenvalue weighted by Crippen LogP contribution is 2.05. The van der Waals surface area contributed by atoms with E-state index in [4.69, 9.17) is 5.41 Å². The molecule has 1 N–H and O–H groups in total. The van der Waals surface area contributed by atoms with Crippen molar-refractivity contribution in [2.24, 2.45) is 0 Å². The van der Waals surface area contributed by atoms with Crippen molar-refractivity contribution in [1.29, 1.82) is 5.41 Å². The molecular formula is C8H11N3S. The third-order valence-corrected chi connectivity index (χ3v) is 1.59. The SMILES string of the molecule is CC/C=C\n1cc(S)nc1C=N. The van der Waals surface area contributed by atoms with Crippen LogP contribution in [0.1, 0.15) is 19.2 Å². The Labute approximate surface area is 77.0 Å². The van der Waals surface area contributed by atoms with Crippen molar-refractivity contribution < 1.29 is 0 Å². The maximum absolute atomic E-state index is 7.06. The predicted molar refractivity (Wildman–Crippen MR) is 53.0 cm³/mol. The van der Waals surface area contributed by atoms with E-state index >= 15 is 0 Å². The van der Waals surface area contributed by atoms with Crippen LogP contribution in [0.5, 0.6) is 0 Å². The summed E-state index contributed by atoms with van der Waals surface area (Å²) in [6.07, 6.45) is 7.84. The summed E-state index contributed by atoms with van der Waals surface area (Å²) in [5.74, 6) is 0.602. The minimum atomic E-state index is 0.602. The summed E-state index contributed by atoms with van der Waals surface area (Å²) in [5.41, 5.74) is 0. The summed E-state index contributed by atoms with van der Waals surface area (Å²) in [5, 5.41) is 7.69. The lowest BCUT2D eigenvalue weighted by Crippen LogP contribution is -1.92. The van der Waals surface area contributed by atoms with Gasteiger partial charge in [-0.25, -0.2) is 4.98 Å². The van der Waals surface area contributed by atoms with Gasteiger partial charge in [-0.05, 0) is 6.42 Å². The smallest absolute Gasteiger partial charge is 0.155 e. The van der Waals surface area contributed by atoms with Gasteiger partial charge < -0.3 is 9.98 Å². The molecule has 0 radical (unpaired) electrons. The van der Waals surface area contributed by atoms with Crippen LogP contribution in [0, 0.1) is 5.41 Å². The first-order chi connectivity index (χ1) is 5.77. The van der Waals surface area contributed by atoms with E-state index < -0.39 is 0 Å². The monoisotopic (exact) mass is 181 g/mol. The number of allylic oxidation sites excluding steroid dienone is 1. The minimum absolute atomic E-state index is 0.602. The van der Waals surface area contributed by atoms with E-state index in [1.807, 2.05) is 12.3 Å². The van der Waals surface area contributed by atoms with Crippen LogP contribution in [0.15, 0.2) is 17.3 Å². The van der Waals surface area contributed by atoms with E-state index in [0.29, 0.717) is 10.9 Å². The average molecular weight is 181 g/mol. The lowest BCUT2D eigenvalue weighted by Gasteiger charge is -1.93. The Hall–Kier alpha value is -1.03. The summed E-state index contributed by atoms with van der Waals surface area (Å²) in [6.45, 7) is 2.05. The van der Waals surface area contributed by atoms with E-state index in [1.165, 1.54) is 6.21 Å². The van der Waals surface area contributed by atoms with Crippen molar-refractivity contribution in [3.63, 3.8) is 0 Å². The van der Waals surface area contributed by atoms with Crippen molar-refractivity contribution in [2.45, 2.75) is 18.4 Å². The van der Waals surface area contributed by atoms with Crippen LogP contribution in [-0.4, -0.2) is 15.8 Å². The fourth-order valence-electron chi connectivity index (χ4n) is 0.840. The highest BCUT2D eigenvalue weighted by molar-refractivity contribution is 7.80. The minimum Gasteiger partial charge on any atom is -0.305 e. The molecule has 1 aromatic rings. The first-order valence-electron chi connectivity index (χ1n) is 3.73. The molecule has 0 spiro atoms. The van der Waals surface area contributed by atoms with Crippen molar-refractivity contribution in [2.75, 3.05) is 0 Å². The molecule has 0 unspecified atom stereocenters. The van der Waals surface area contributed by atoms with Crippen molar-refractivity contribution >= 4 is 25.0 Å². The molecular weight excluding hydrogens is 170 g/mol. The molecule has 1 heterocycles. The number of rotatable bonds is 3. The first-order valence-corrected chi connectivity index (χ1v) is 4.17. The molecule has 0 saturated heterocycles. The van der Waals surface area contributed by atoms with Crippen molar-refractivity contribution in [1.82, 2.24) is 9.55 Å². The average Bonchev–Trinajstić information content (AvgIpc) is 2.42. The quantitative estimate of drug-likeness (QED) is 0.544. The first kappa shape index (κ1) is 9.06. The number of aromatic nitrogens is 2. The van der Waals surface area contributed by atoms with Crippen LogP contribution in [0.2, 0.25) is 0 Å². The molecule has 64 valence electrons. The van der Waals surface area contributed by atoms with Gasteiger partial charge in [0, 0.05) is 12.4 Å². The standard InChI is InChI=1S/C8H11N3S/c1-2-3-4-11-6-8(12)10-7(11)5-9/h3-6,9,12H,2H2,1H3/b4-3-,9-5?. The molecule has 0 amide bonds. The zero-order valence-corrected chi connectivity index (χ0v) is 7.75. The molecule has 3 nitrogen and oxygen atoms in total. The van der Waals surface area contributed by atoms with Gasteiger partial charge in [0.05, 0.1) is 6.21 Å². The van der Waals surface area contributed by atoms with Crippen LogP contribution >= 0.6 is 12.6 Å². The molecule has 0 saturated carbocycles.